The molecule has 1 aromatic rings. The average molecular weight is 235 g/mol. The predicted molar refractivity (Wildman–Crippen MR) is 75.2 cm³/mol. The number of pyridine rings is 1. The minimum atomic E-state index is 0.435. The molecule has 0 amide bonds. The summed E-state index contributed by atoms with van der Waals surface area (Å²) in [7, 11) is 0. The highest BCUT2D eigenvalue weighted by Crippen LogP contribution is 2.18. The van der Waals surface area contributed by atoms with Gasteiger partial charge < -0.3 is 11.1 Å². The van der Waals surface area contributed by atoms with Crippen molar-refractivity contribution < 1.29 is 0 Å². The zero-order valence-corrected chi connectivity index (χ0v) is 11.3. The van der Waals surface area contributed by atoms with E-state index in [2.05, 4.69) is 24.1 Å². The van der Waals surface area contributed by atoms with Crippen LogP contribution in [0.15, 0.2) is 12.3 Å². The molecule has 0 bridgehead atoms. The number of hydrogen-bond donors (Lipinski definition) is 2. The van der Waals surface area contributed by atoms with E-state index in [1.807, 2.05) is 19.2 Å². The SMILES string of the molecule is CCCCCCC(C)Nc1ncc(C)cc1N. The third-order valence-corrected chi connectivity index (χ3v) is 2.93. The number of rotatable bonds is 7. The molecule has 0 aromatic carbocycles. The summed E-state index contributed by atoms with van der Waals surface area (Å²) in [6.45, 7) is 6.42. The van der Waals surface area contributed by atoms with Crippen LogP contribution < -0.4 is 11.1 Å². The standard InChI is InChI=1S/C14H25N3/c1-4-5-6-7-8-12(3)17-14-13(15)9-11(2)10-16-14/h9-10,12H,4-8,15H2,1-3H3,(H,16,17). The number of hydrogen-bond acceptors (Lipinski definition) is 3. The van der Waals surface area contributed by atoms with Crippen LogP contribution in [0.2, 0.25) is 0 Å². The summed E-state index contributed by atoms with van der Waals surface area (Å²) >= 11 is 0. The molecule has 0 radical (unpaired) electrons. The first-order valence-corrected chi connectivity index (χ1v) is 6.62. The monoisotopic (exact) mass is 235 g/mol. The summed E-state index contributed by atoms with van der Waals surface area (Å²) < 4.78 is 0. The van der Waals surface area contributed by atoms with Crippen LogP contribution in [0.3, 0.4) is 0 Å². The van der Waals surface area contributed by atoms with Crippen LogP contribution in [0.5, 0.6) is 0 Å². The maximum Gasteiger partial charge on any atom is 0.149 e. The third-order valence-electron chi connectivity index (χ3n) is 2.93. The van der Waals surface area contributed by atoms with Gasteiger partial charge in [0.15, 0.2) is 0 Å². The lowest BCUT2D eigenvalue weighted by Gasteiger charge is -2.15. The highest BCUT2D eigenvalue weighted by atomic mass is 15.0. The van der Waals surface area contributed by atoms with E-state index in [1.165, 1.54) is 32.1 Å². The molecule has 0 spiro atoms. The highest BCUT2D eigenvalue weighted by Gasteiger charge is 2.05. The third kappa shape index (κ3) is 5.07. The first-order valence-electron chi connectivity index (χ1n) is 6.62. The molecular weight excluding hydrogens is 210 g/mol. The van der Waals surface area contributed by atoms with Gasteiger partial charge in [-0.2, -0.15) is 0 Å². The van der Waals surface area contributed by atoms with Gasteiger partial charge in [-0.3, -0.25) is 0 Å². The molecule has 0 aliphatic heterocycles. The molecule has 1 unspecified atom stereocenters. The van der Waals surface area contributed by atoms with Gasteiger partial charge in [-0.1, -0.05) is 32.6 Å². The van der Waals surface area contributed by atoms with Crippen molar-refractivity contribution >= 4 is 11.5 Å². The normalized spacial score (nSPS) is 12.4. The van der Waals surface area contributed by atoms with E-state index in [4.69, 9.17) is 5.73 Å². The van der Waals surface area contributed by atoms with Crippen molar-refractivity contribution in [2.75, 3.05) is 11.1 Å². The number of aromatic nitrogens is 1. The van der Waals surface area contributed by atoms with Crippen molar-refractivity contribution in [2.24, 2.45) is 0 Å². The van der Waals surface area contributed by atoms with E-state index in [0.717, 1.165) is 17.1 Å². The van der Waals surface area contributed by atoms with E-state index in [0.29, 0.717) is 6.04 Å². The molecule has 1 heterocycles. The maximum absolute atomic E-state index is 5.92. The lowest BCUT2D eigenvalue weighted by atomic mass is 10.1. The van der Waals surface area contributed by atoms with Gasteiger partial charge in [0.25, 0.3) is 0 Å². The zero-order chi connectivity index (χ0) is 12.7. The van der Waals surface area contributed by atoms with Crippen LogP contribution in [0.4, 0.5) is 11.5 Å². The van der Waals surface area contributed by atoms with Crippen molar-refractivity contribution in [3.05, 3.63) is 17.8 Å². The molecule has 0 aliphatic rings. The topological polar surface area (TPSA) is 50.9 Å². The fourth-order valence-electron chi connectivity index (χ4n) is 1.90. The van der Waals surface area contributed by atoms with Crippen molar-refractivity contribution in [2.45, 2.75) is 58.9 Å². The highest BCUT2D eigenvalue weighted by molar-refractivity contribution is 5.61. The smallest absolute Gasteiger partial charge is 0.149 e. The Bertz CT molecular complexity index is 336. The quantitative estimate of drug-likeness (QED) is 0.708. The summed E-state index contributed by atoms with van der Waals surface area (Å²) in [6, 6.07) is 2.39. The number of nitrogens with two attached hydrogens (primary N) is 1. The molecular formula is C14H25N3. The lowest BCUT2D eigenvalue weighted by molar-refractivity contribution is 0.593. The Balaban J connectivity index is 2.37. The van der Waals surface area contributed by atoms with E-state index in [-0.39, 0.29) is 0 Å². The summed E-state index contributed by atoms with van der Waals surface area (Å²) in [6.07, 6.45) is 8.23. The molecule has 1 rings (SSSR count). The van der Waals surface area contributed by atoms with E-state index in [9.17, 15) is 0 Å². The Labute approximate surface area is 105 Å². The van der Waals surface area contributed by atoms with Crippen molar-refractivity contribution in [1.82, 2.24) is 4.98 Å². The molecule has 17 heavy (non-hydrogen) atoms. The second-order valence-corrected chi connectivity index (χ2v) is 4.85. The summed E-state index contributed by atoms with van der Waals surface area (Å²) in [5.41, 5.74) is 7.76. The number of anilines is 2. The second-order valence-electron chi connectivity index (χ2n) is 4.85. The lowest BCUT2D eigenvalue weighted by Crippen LogP contribution is -2.17. The maximum atomic E-state index is 5.92. The van der Waals surface area contributed by atoms with E-state index in [1.54, 1.807) is 0 Å². The Morgan fingerprint density at radius 3 is 2.76 bits per heavy atom. The zero-order valence-electron chi connectivity index (χ0n) is 11.3. The minimum absolute atomic E-state index is 0.435. The molecule has 3 heteroatoms. The molecule has 96 valence electrons. The van der Waals surface area contributed by atoms with Crippen LogP contribution in [-0.4, -0.2) is 11.0 Å². The van der Waals surface area contributed by atoms with Crippen LogP contribution >= 0.6 is 0 Å². The van der Waals surface area contributed by atoms with Crippen LogP contribution in [0.25, 0.3) is 0 Å². The van der Waals surface area contributed by atoms with Crippen LogP contribution in [0, 0.1) is 6.92 Å². The van der Waals surface area contributed by atoms with E-state index >= 15 is 0 Å². The molecule has 3 nitrogen and oxygen atoms in total. The van der Waals surface area contributed by atoms with Gasteiger partial charge in [0.05, 0.1) is 5.69 Å². The van der Waals surface area contributed by atoms with Crippen molar-refractivity contribution in [3.63, 3.8) is 0 Å². The minimum Gasteiger partial charge on any atom is -0.396 e. The summed E-state index contributed by atoms with van der Waals surface area (Å²) in [5.74, 6) is 0.818. The molecule has 0 saturated heterocycles. The number of nitrogens with zero attached hydrogens (tertiary/aromatic N) is 1. The molecule has 0 aliphatic carbocycles. The van der Waals surface area contributed by atoms with Gasteiger partial charge in [0.1, 0.15) is 5.82 Å². The number of nitrogens with one attached hydrogen (secondary N) is 1. The number of nitrogen functional groups attached to an aromatic ring is 1. The van der Waals surface area contributed by atoms with Gasteiger partial charge in [-0.05, 0) is 31.9 Å². The van der Waals surface area contributed by atoms with Crippen LogP contribution in [0.1, 0.15) is 51.5 Å². The van der Waals surface area contributed by atoms with Crippen LogP contribution in [-0.2, 0) is 0 Å². The molecule has 1 atom stereocenters. The molecule has 1 aromatic heterocycles. The predicted octanol–water partition coefficient (Wildman–Crippen LogP) is 3.74. The van der Waals surface area contributed by atoms with Gasteiger partial charge in [-0.25, -0.2) is 4.98 Å². The first-order chi connectivity index (χ1) is 8.13. The fraction of sp³-hybridized carbons (Fsp3) is 0.643. The average Bonchev–Trinajstić information content (AvgIpc) is 2.28. The fourth-order valence-corrected chi connectivity index (χ4v) is 1.90. The summed E-state index contributed by atoms with van der Waals surface area (Å²) in [4.78, 5) is 4.33. The Morgan fingerprint density at radius 2 is 2.12 bits per heavy atom. The van der Waals surface area contributed by atoms with Gasteiger partial charge in [-0.15, -0.1) is 0 Å². The Hall–Kier alpha value is -1.25. The Morgan fingerprint density at radius 1 is 1.35 bits per heavy atom. The van der Waals surface area contributed by atoms with E-state index < -0.39 is 0 Å². The second kappa shape index (κ2) is 7.15. The molecule has 0 fully saturated rings. The van der Waals surface area contributed by atoms with Crippen molar-refractivity contribution in [3.8, 4) is 0 Å². The number of aryl methyl sites for hydroxylation is 1. The van der Waals surface area contributed by atoms with Gasteiger partial charge in [0, 0.05) is 12.2 Å². The van der Waals surface area contributed by atoms with Gasteiger partial charge >= 0.3 is 0 Å². The largest absolute Gasteiger partial charge is 0.396 e. The van der Waals surface area contributed by atoms with Gasteiger partial charge in [0.2, 0.25) is 0 Å². The molecule has 3 N–H and O–H groups in total. The molecule has 0 saturated carbocycles. The first kappa shape index (κ1) is 13.8. The summed E-state index contributed by atoms with van der Waals surface area (Å²) in [5, 5.41) is 3.38. The number of unbranched alkanes of at least 4 members (excludes halogenated alkanes) is 3. The Kier molecular flexibility index (Phi) is 5.81. The van der Waals surface area contributed by atoms with Crippen molar-refractivity contribution in [1.29, 1.82) is 0 Å².